The molecule has 1 aromatic rings. The minimum absolute atomic E-state index is 0.0913. The first-order valence-corrected chi connectivity index (χ1v) is 7.06. The first-order valence-electron chi connectivity index (χ1n) is 7.06. The molecule has 0 saturated carbocycles. The number of carbonyl (C=O) groups excluding carboxylic acids is 1. The van der Waals surface area contributed by atoms with Crippen LogP contribution in [0.2, 0.25) is 0 Å². The fourth-order valence-corrected chi connectivity index (χ4v) is 2.01. The highest BCUT2D eigenvalue weighted by molar-refractivity contribution is 5.81. The molecule has 5 heteroatoms. The van der Waals surface area contributed by atoms with Gasteiger partial charge in [-0.25, -0.2) is 0 Å². The van der Waals surface area contributed by atoms with Crippen molar-refractivity contribution >= 4 is 11.6 Å². The van der Waals surface area contributed by atoms with Gasteiger partial charge in [0.25, 0.3) is 0 Å². The maximum atomic E-state index is 12.2. The number of para-hydroxylation sites is 1. The molecule has 0 radical (unpaired) electrons. The van der Waals surface area contributed by atoms with Crippen LogP contribution in [-0.4, -0.2) is 30.4 Å². The SMILES string of the molecule is CCc1ccccc1NCC(=O)N(CCC#N)CCC#N. The van der Waals surface area contributed by atoms with Gasteiger partial charge in [0, 0.05) is 18.8 Å². The lowest BCUT2D eigenvalue weighted by atomic mass is 10.1. The first kappa shape index (κ1) is 16.5. The lowest BCUT2D eigenvalue weighted by Gasteiger charge is -2.21. The summed E-state index contributed by atoms with van der Waals surface area (Å²) < 4.78 is 0. The Morgan fingerprint density at radius 3 is 2.38 bits per heavy atom. The highest BCUT2D eigenvalue weighted by Crippen LogP contribution is 2.15. The lowest BCUT2D eigenvalue weighted by Crippen LogP contribution is -2.37. The van der Waals surface area contributed by atoms with Crippen LogP contribution >= 0.6 is 0 Å². The molecular formula is C16H20N4O. The van der Waals surface area contributed by atoms with Crippen LogP contribution in [0, 0.1) is 22.7 Å². The smallest absolute Gasteiger partial charge is 0.241 e. The molecule has 1 rings (SSSR count). The zero-order valence-corrected chi connectivity index (χ0v) is 12.3. The van der Waals surface area contributed by atoms with Gasteiger partial charge in [-0.05, 0) is 18.1 Å². The van der Waals surface area contributed by atoms with Crippen molar-refractivity contribution in [3.8, 4) is 12.1 Å². The summed E-state index contributed by atoms with van der Waals surface area (Å²) >= 11 is 0. The van der Waals surface area contributed by atoms with E-state index in [1.165, 1.54) is 0 Å². The van der Waals surface area contributed by atoms with Crippen molar-refractivity contribution in [2.24, 2.45) is 0 Å². The van der Waals surface area contributed by atoms with Crippen LogP contribution < -0.4 is 5.32 Å². The van der Waals surface area contributed by atoms with Crippen LogP contribution in [0.25, 0.3) is 0 Å². The fraction of sp³-hybridized carbons (Fsp3) is 0.438. The molecule has 0 spiro atoms. The molecule has 0 aromatic heterocycles. The highest BCUT2D eigenvalue weighted by Gasteiger charge is 2.13. The number of nitriles is 2. The van der Waals surface area contributed by atoms with Gasteiger partial charge < -0.3 is 10.2 Å². The number of nitrogens with one attached hydrogen (secondary N) is 1. The van der Waals surface area contributed by atoms with Gasteiger partial charge in [-0.15, -0.1) is 0 Å². The third kappa shape index (κ3) is 5.54. The predicted octanol–water partition coefficient (Wildman–Crippen LogP) is 2.32. The molecule has 0 atom stereocenters. The molecule has 0 heterocycles. The van der Waals surface area contributed by atoms with Gasteiger partial charge in [-0.1, -0.05) is 25.1 Å². The molecule has 0 aliphatic carbocycles. The van der Waals surface area contributed by atoms with Crippen molar-refractivity contribution in [2.45, 2.75) is 26.2 Å². The third-order valence-electron chi connectivity index (χ3n) is 3.17. The van der Waals surface area contributed by atoms with E-state index in [0.717, 1.165) is 17.7 Å². The topological polar surface area (TPSA) is 79.9 Å². The summed E-state index contributed by atoms with van der Waals surface area (Å²) in [5.74, 6) is -0.0913. The monoisotopic (exact) mass is 284 g/mol. The molecule has 0 fully saturated rings. The molecule has 0 aliphatic heterocycles. The van der Waals surface area contributed by atoms with Crippen LogP contribution in [0.4, 0.5) is 5.69 Å². The molecule has 0 unspecified atom stereocenters. The number of hydrogen-bond acceptors (Lipinski definition) is 4. The minimum Gasteiger partial charge on any atom is -0.376 e. The molecule has 1 amide bonds. The average Bonchev–Trinajstić information content (AvgIpc) is 2.53. The van der Waals surface area contributed by atoms with Crippen molar-refractivity contribution in [3.63, 3.8) is 0 Å². The van der Waals surface area contributed by atoms with Crippen LogP contribution in [0.5, 0.6) is 0 Å². The molecular weight excluding hydrogens is 264 g/mol. The largest absolute Gasteiger partial charge is 0.376 e. The maximum absolute atomic E-state index is 12.2. The second-order valence-electron chi connectivity index (χ2n) is 4.56. The van der Waals surface area contributed by atoms with Gasteiger partial charge >= 0.3 is 0 Å². The van der Waals surface area contributed by atoms with E-state index in [9.17, 15) is 4.79 Å². The van der Waals surface area contributed by atoms with Gasteiger partial charge in [0.15, 0.2) is 0 Å². The van der Waals surface area contributed by atoms with E-state index in [4.69, 9.17) is 10.5 Å². The number of nitrogens with zero attached hydrogens (tertiary/aromatic N) is 3. The maximum Gasteiger partial charge on any atom is 0.241 e. The Morgan fingerprint density at radius 2 is 1.81 bits per heavy atom. The normalized spacial score (nSPS) is 9.48. The minimum atomic E-state index is -0.0913. The summed E-state index contributed by atoms with van der Waals surface area (Å²) in [6.45, 7) is 2.98. The fourth-order valence-electron chi connectivity index (χ4n) is 2.01. The highest BCUT2D eigenvalue weighted by atomic mass is 16.2. The Balaban J connectivity index is 2.60. The van der Waals surface area contributed by atoms with Gasteiger partial charge in [-0.2, -0.15) is 10.5 Å². The van der Waals surface area contributed by atoms with Gasteiger partial charge in [0.05, 0.1) is 31.5 Å². The molecule has 0 bridgehead atoms. The molecule has 0 aliphatic rings. The zero-order valence-electron chi connectivity index (χ0n) is 12.3. The first-order chi connectivity index (χ1) is 10.2. The number of carbonyl (C=O) groups is 1. The van der Waals surface area contributed by atoms with Crippen LogP contribution in [-0.2, 0) is 11.2 Å². The van der Waals surface area contributed by atoms with Crippen molar-refractivity contribution in [2.75, 3.05) is 25.0 Å². The zero-order chi connectivity index (χ0) is 15.5. The van der Waals surface area contributed by atoms with E-state index in [2.05, 4.69) is 12.2 Å². The number of aryl methyl sites for hydroxylation is 1. The summed E-state index contributed by atoms with van der Waals surface area (Å²) in [5.41, 5.74) is 2.11. The summed E-state index contributed by atoms with van der Waals surface area (Å²) in [6.07, 6.45) is 1.45. The molecule has 110 valence electrons. The predicted molar refractivity (Wildman–Crippen MR) is 81.3 cm³/mol. The van der Waals surface area contributed by atoms with Crippen LogP contribution in [0.15, 0.2) is 24.3 Å². The molecule has 1 aromatic carbocycles. The molecule has 21 heavy (non-hydrogen) atoms. The van der Waals surface area contributed by atoms with Gasteiger partial charge in [0.1, 0.15) is 0 Å². The van der Waals surface area contributed by atoms with Gasteiger partial charge in [0.2, 0.25) is 5.91 Å². The molecule has 5 nitrogen and oxygen atoms in total. The Bertz CT molecular complexity index is 524. The van der Waals surface area contributed by atoms with Crippen LogP contribution in [0.3, 0.4) is 0 Å². The van der Waals surface area contributed by atoms with E-state index in [-0.39, 0.29) is 25.3 Å². The Labute approximate surface area is 125 Å². The quantitative estimate of drug-likeness (QED) is 0.794. The number of amides is 1. The summed E-state index contributed by atoms with van der Waals surface area (Å²) in [4.78, 5) is 13.7. The van der Waals surface area contributed by atoms with E-state index >= 15 is 0 Å². The van der Waals surface area contributed by atoms with Crippen molar-refractivity contribution in [1.82, 2.24) is 4.90 Å². The van der Waals surface area contributed by atoms with Gasteiger partial charge in [-0.3, -0.25) is 4.79 Å². The number of benzene rings is 1. The number of hydrogen-bond donors (Lipinski definition) is 1. The van der Waals surface area contributed by atoms with Crippen LogP contribution in [0.1, 0.15) is 25.3 Å². The standard InChI is InChI=1S/C16H20N4O/c1-2-14-7-3-4-8-15(14)19-13-16(21)20(11-5-9-17)12-6-10-18/h3-4,7-8,19H,2,5-6,11-13H2,1H3. The summed E-state index contributed by atoms with van der Waals surface area (Å²) in [7, 11) is 0. The third-order valence-corrected chi connectivity index (χ3v) is 3.17. The van der Waals surface area contributed by atoms with Crippen molar-refractivity contribution < 1.29 is 4.79 Å². The Morgan fingerprint density at radius 1 is 1.19 bits per heavy atom. The second-order valence-corrected chi connectivity index (χ2v) is 4.56. The lowest BCUT2D eigenvalue weighted by molar-refractivity contribution is -0.129. The van der Waals surface area contributed by atoms with Crippen molar-refractivity contribution in [3.05, 3.63) is 29.8 Å². The Hall–Kier alpha value is -2.53. The summed E-state index contributed by atoms with van der Waals surface area (Å²) in [6, 6.07) is 11.9. The van der Waals surface area contributed by atoms with E-state index in [0.29, 0.717) is 13.1 Å². The molecule has 1 N–H and O–H groups in total. The number of anilines is 1. The van der Waals surface area contributed by atoms with Crippen molar-refractivity contribution in [1.29, 1.82) is 10.5 Å². The average molecular weight is 284 g/mol. The summed E-state index contributed by atoms with van der Waals surface area (Å²) in [5, 5.41) is 20.4. The van der Waals surface area contributed by atoms with E-state index in [1.54, 1.807) is 4.90 Å². The van der Waals surface area contributed by atoms with E-state index < -0.39 is 0 Å². The Kier molecular flexibility index (Phi) is 7.39. The number of rotatable bonds is 8. The second kappa shape index (κ2) is 9.39. The van der Waals surface area contributed by atoms with E-state index in [1.807, 2.05) is 36.4 Å². The molecule has 0 saturated heterocycles.